The van der Waals surface area contributed by atoms with Gasteiger partial charge in [0.2, 0.25) is 5.91 Å². The van der Waals surface area contributed by atoms with Gasteiger partial charge >= 0.3 is 5.97 Å². The van der Waals surface area contributed by atoms with Gasteiger partial charge in [0.05, 0.1) is 66.8 Å². The van der Waals surface area contributed by atoms with Crippen LogP contribution in [0.4, 0.5) is 10.1 Å². The molecule has 0 bridgehead atoms. The molecule has 5 rings (SSSR count). The Hall–Kier alpha value is -3.23. The number of para-hydroxylation sites is 1. The van der Waals surface area contributed by atoms with E-state index in [1.165, 1.54) is 20.3 Å². The number of ether oxygens (including phenoxy) is 2. The zero-order valence-electron chi connectivity index (χ0n) is 25.3. The molecule has 242 valence electrons. The summed E-state index contributed by atoms with van der Waals surface area (Å²) in [6, 6.07) is 9.51. The van der Waals surface area contributed by atoms with Crippen LogP contribution in [0.25, 0.3) is 10.9 Å². The monoisotopic (exact) mass is 662 g/mol. The average Bonchev–Trinajstić information content (AvgIpc) is 3.62. The molecule has 0 radical (unpaired) electrons. The van der Waals surface area contributed by atoms with Gasteiger partial charge in [-0.15, -0.1) is 0 Å². The molecular weight excluding hydrogens is 627 g/mol. The lowest BCUT2D eigenvalue weighted by Crippen LogP contribution is -2.40. The predicted molar refractivity (Wildman–Crippen MR) is 167 cm³/mol. The number of hydrogen-bond donors (Lipinski definition) is 1. The minimum atomic E-state index is -0.670. The number of anilines is 1. The molecule has 3 aromatic rings. The summed E-state index contributed by atoms with van der Waals surface area (Å²) in [6.07, 6.45) is 3.21. The van der Waals surface area contributed by atoms with Crippen LogP contribution in [0, 0.1) is 11.7 Å². The Morgan fingerprint density at radius 2 is 1.89 bits per heavy atom. The molecule has 2 atom stereocenters. The van der Waals surface area contributed by atoms with Crippen LogP contribution in [-0.2, 0) is 41.8 Å². The lowest BCUT2D eigenvalue weighted by atomic mass is 9.87. The first kappa shape index (κ1) is 33.1. The van der Waals surface area contributed by atoms with Crippen LogP contribution in [0.1, 0.15) is 48.2 Å². The summed E-state index contributed by atoms with van der Waals surface area (Å²) in [5.41, 5.74) is 1.15. The fourth-order valence-electron chi connectivity index (χ4n) is 6.03. The van der Waals surface area contributed by atoms with Crippen molar-refractivity contribution in [1.82, 2.24) is 14.7 Å². The van der Waals surface area contributed by atoms with E-state index in [0.29, 0.717) is 37.8 Å². The predicted octanol–water partition coefficient (Wildman–Crippen LogP) is 5.10. The first-order valence-electron chi connectivity index (χ1n) is 14.7. The maximum Gasteiger partial charge on any atom is 0.308 e. The molecule has 45 heavy (non-hydrogen) atoms. The molecule has 1 aliphatic heterocycles. The Balaban J connectivity index is 1.23. The molecule has 2 aliphatic rings. The van der Waals surface area contributed by atoms with E-state index in [9.17, 15) is 14.4 Å². The Bertz CT molecular complexity index is 1550. The van der Waals surface area contributed by atoms with E-state index in [-0.39, 0.29) is 63.6 Å². The van der Waals surface area contributed by atoms with Crippen molar-refractivity contribution in [2.45, 2.75) is 55.9 Å². The number of fused-ring (bicyclic) bond motifs is 1. The van der Waals surface area contributed by atoms with E-state index in [1.807, 2.05) is 12.1 Å². The Kier molecular flexibility index (Phi) is 11.0. The normalized spacial score (nSPS) is 21.7. The average molecular weight is 663 g/mol. The molecular formula is C31H36ClFN4O7S. The van der Waals surface area contributed by atoms with E-state index in [1.54, 1.807) is 28.8 Å². The van der Waals surface area contributed by atoms with E-state index in [0.717, 1.165) is 36.5 Å². The second-order valence-corrected chi connectivity index (χ2v) is 12.7. The summed E-state index contributed by atoms with van der Waals surface area (Å²) >= 11 is 7.60. The van der Waals surface area contributed by atoms with Gasteiger partial charge in [-0.1, -0.05) is 29.8 Å². The van der Waals surface area contributed by atoms with Crippen molar-refractivity contribution in [3.05, 3.63) is 58.5 Å². The van der Waals surface area contributed by atoms with Gasteiger partial charge in [0, 0.05) is 31.0 Å². The maximum absolute atomic E-state index is 15.3. The highest BCUT2D eigenvalue weighted by molar-refractivity contribution is 7.95. The van der Waals surface area contributed by atoms with Crippen LogP contribution in [0.3, 0.4) is 0 Å². The Morgan fingerprint density at radius 1 is 1.13 bits per heavy atom. The van der Waals surface area contributed by atoms with Crippen molar-refractivity contribution in [2.75, 3.05) is 32.7 Å². The highest BCUT2D eigenvalue weighted by atomic mass is 35.5. The Morgan fingerprint density at radius 3 is 2.62 bits per heavy atom. The van der Waals surface area contributed by atoms with Gasteiger partial charge in [0.25, 0.3) is 5.91 Å². The van der Waals surface area contributed by atoms with Gasteiger partial charge in [0.1, 0.15) is 5.82 Å². The van der Waals surface area contributed by atoms with E-state index in [2.05, 4.69) is 10.4 Å². The SMILES string of the molecule is COOS[C@H]1C[C@@H](COC2CCC(C(=O)OC)CC2)N(C(=O)Cc2cc(Cl)c(NC(=O)c3nn(C)c4ccccc34)cc2F)C1. The molecule has 1 aliphatic carbocycles. The highest BCUT2D eigenvalue weighted by Gasteiger charge is 2.38. The topological polar surface area (TPSA) is 121 Å². The molecule has 2 fully saturated rings. The van der Waals surface area contributed by atoms with Crippen LogP contribution in [0.15, 0.2) is 36.4 Å². The number of halogens is 2. The molecule has 1 N–H and O–H groups in total. The molecule has 1 aromatic heterocycles. The standard InChI is InChI=1S/C31H36ClFN4O7S/c1-36-27-7-5-4-6-23(27)29(35-36)30(39)34-26-15-25(33)19(12-24(26)32)13-28(38)37-16-22(45-44-42-3)14-20(37)17-43-21-10-8-18(9-11-21)31(40)41-2/h4-7,12,15,18,20-22H,8-11,13-14,16-17H2,1-3H3,(H,34,39)/t18?,20-,21?,22-/m0/s1. The number of likely N-dealkylation sites (tertiary alicyclic amines) is 1. The van der Waals surface area contributed by atoms with E-state index >= 15 is 4.39 Å². The number of aromatic nitrogens is 2. The fraction of sp³-hybridized carbons (Fsp3) is 0.484. The van der Waals surface area contributed by atoms with Crippen molar-refractivity contribution in [3.8, 4) is 0 Å². The highest BCUT2D eigenvalue weighted by Crippen LogP contribution is 2.33. The van der Waals surface area contributed by atoms with Crippen LogP contribution >= 0.6 is 23.6 Å². The second-order valence-electron chi connectivity index (χ2n) is 11.3. The first-order valence-corrected chi connectivity index (χ1v) is 15.9. The minimum Gasteiger partial charge on any atom is -0.469 e. The van der Waals surface area contributed by atoms with Gasteiger partial charge in [-0.25, -0.2) is 9.28 Å². The van der Waals surface area contributed by atoms with Crippen molar-refractivity contribution in [3.63, 3.8) is 0 Å². The maximum atomic E-state index is 15.3. The van der Waals surface area contributed by atoms with Gasteiger partial charge < -0.3 is 19.7 Å². The van der Waals surface area contributed by atoms with Crippen LogP contribution in [0.5, 0.6) is 0 Å². The van der Waals surface area contributed by atoms with Crippen molar-refractivity contribution >= 4 is 58.0 Å². The zero-order valence-corrected chi connectivity index (χ0v) is 26.9. The summed E-state index contributed by atoms with van der Waals surface area (Å²) in [6.45, 7) is 0.678. The third-order valence-electron chi connectivity index (χ3n) is 8.37. The zero-order chi connectivity index (χ0) is 32.1. The van der Waals surface area contributed by atoms with Gasteiger partial charge in [-0.05, 0) is 55.9 Å². The van der Waals surface area contributed by atoms with Crippen LogP contribution in [-0.4, -0.2) is 77.2 Å². The Labute approximate surface area is 269 Å². The van der Waals surface area contributed by atoms with Crippen LogP contribution in [0.2, 0.25) is 5.02 Å². The molecule has 0 spiro atoms. The van der Waals surface area contributed by atoms with Gasteiger partial charge in [0.15, 0.2) is 5.69 Å². The number of rotatable bonds is 11. The van der Waals surface area contributed by atoms with Crippen molar-refractivity contribution < 1.29 is 37.5 Å². The number of nitrogens with one attached hydrogen (secondary N) is 1. The van der Waals surface area contributed by atoms with Gasteiger partial charge in [-0.2, -0.15) is 9.43 Å². The molecule has 1 saturated carbocycles. The van der Waals surface area contributed by atoms with E-state index < -0.39 is 11.7 Å². The number of methoxy groups -OCH3 is 1. The first-order chi connectivity index (χ1) is 21.7. The number of carbonyl (C=O) groups is 3. The van der Waals surface area contributed by atoms with Crippen LogP contribution < -0.4 is 5.32 Å². The molecule has 0 unspecified atom stereocenters. The lowest BCUT2D eigenvalue weighted by molar-refractivity contribution is -0.160. The summed E-state index contributed by atoms with van der Waals surface area (Å²) in [7, 11) is 4.54. The largest absolute Gasteiger partial charge is 0.469 e. The molecule has 2 aromatic carbocycles. The molecule has 2 amide bonds. The van der Waals surface area contributed by atoms with Crippen molar-refractivity contribution in [1.29, 1.82) is 0 Å². The number of carbonyl (C=O) groups excluding carboxylic acids is 3. The fourth-order valence-corrected chi connectivity index (χ4v) is 6.97. The summed E-state index contributed by atoms with van der Waals surface area (Å²) < 4.78 is 33.1. The second kappa shape index (κ2) is 14.9. The van der Waals surface area contributed by atoms with Gasteiger partial charge in [-0.3, -0.25) is 19.1 Å². The van der Waals surface area contributed by atoms with E-state index in [4.69, 9.17) is 30.3 Å². The van der Waals surface area contributed by atoms with Crippen molar-refractivity contribution in [2.24, 2.45) is 13.0 Å². The molecule has 11 nitrogen and oxygen atoms in total. The number of esters is 1. The smallest absolute Gasteiger partial charge is 0.308 e. The number of hydrogen-bond acceptors (Lipinski definition) is 9. The quantitative estimate of drug-likeness (QED) is 0.129. The molecule has 14 heteroatoms. The number of amides is 2. The third-order valence-corrected chi connectivity index (χ3v) is 9.51. The summed E-state index contributed by atoms with van der Waals surface area (Å²) in [5, 5.41) is 7.63. The minimum absolute atomic E-state index is 0.0205. The number of nitrogens with zero attached hydrogens (tertiary/aromatic N) is 3. The molecule has 1 saturated heterocycles. The summed E-state index contributed by atoms with van der Waals surface area (Å²) in [4.78, 5) is 44.8. The molecule has 2 heterocycles. The number of aryl methyl sites for hydroxylation is 1. The third kappa shape index (κ3) is 7.78. The number of benzene rings is 2. The summed E-state index contributed by atoms with van der Waals surface area (Å²) in [5.74, 6) is -1.79. The lowest BCUT2D eigenvalue weighted by Gasteiger charge is -2.30.